The van der Waals surface area contributed by atoms with Crippen LogP contribution in [0.1, 0.15) is 11.1 Å². The van der Waals surface area contributed by atoms with E-state index < -0.39 is 24.1 Å². The number of hydrogen-bond donors (Lipinski definition) is 3. The molecule has 0 bridgehead atoms. The fourth-order valence-corrected chi connectivity index (χ4v) is 1.39. The summed E-state index contributed by atoms with van der Waals surface area (Å²) in [5.74, 6) is -1.89. The largest absolute Gasteiger partial charge is 0.467 e. The van der Waals surface area contributed by atoms with Gasteiger partial charge in [-0.25, -0.2) is 4.79 Å². The Kier molecular flexibility index (Phi) is 5.47. The van der Waals surface area contributed by atoms with Crippen molar-refractivity contribution < 1.29 is 24.5 Å². The third-order valence-electron chi connectivity index (χ3n) is 2.60. The van der Waals surface area contributed by atoms with Gasteiger partial charge in [-0.2, -0.15) is 0 Å². The first-order valence-corrected chi connectivity index (χ1v) is 5.73. The van der Waals surface area contributed by atoms with Gasteiger partial charge in [0.05, 0.1) is 7.11 Å². The Morgan fingerprint density at radius 2 is 1.79 bits per heavy atom. The second-order valence-electron chi connectivity index (χ2n) is 4.12. The minimum Gasteiger partial charge on any atom is -0.467 e. The zero-order chi connectivity index (χ0) is 14.4. The van der Waals surface area contributed by atoms with E-state index in [4.69, 9.17) is 0 Å². The third-order valence-corrected chi connectivity index (χ3v) is 2.60. The summed E-state index contributed by atoms with van der Waals surface area (Å²) < 4.78 is 4.23. The molecule has 0 fully saturated rings. The van der Waals surface area contributed by atoms with Gasteiger partial charge in [0.2, 0.25) is 0 Å². The number of ether oxygens (including phenoxy) is 1. The SMILES string of the molecule is COC(=O)[C@@H](O)[C@H](O)C(=O)NCc1ccc(C)cc1. The number of methoxy groups -OCH3 is 1. The molecule has 1 aromatic carbocycles. The molecule has 6 nitrogen and oxygen atoms in total. The van der Waals surface area contributed by atoms with Crippen molar-refractivity contribution >= 4 is 11.9 Å². The van der Waals surface area contributed by atoms with Crippen LogP contribution < -0.4 is 5.32 Å². The Morgan fingerprint density at radius 3 is 2.32 bits per heavy atom. The molecule has 0 radical (unpaired) electrons. The lowest BCUT2D eigenvalue weighted by Gasteiger charge is -2.15. The predicted octanol–water partition coefficient (Wildman–Crippen LogP) is -0.494. The average Bonchev–Trinajstić information content (AvgIpc) is 2.43. The quantitative estimate of drug-likeness (QED) is 0.625. The molecular formula is C13H17NO5. The van der Waals surface area contributed by atoms with Crippen molar-refractivity contribution in [3.8, 4) is 0 Å². The molecule has 1 amide bonds. The van der Waals surface area contributed by atoms with E-state index in [1.165, 1.54) is 0 Å². The van der Waals surface area contributed by atoms with Gasteiger partial charge in [0.1, 0.15) is 0 Å². The number of aryl methyl sites for hydroxylation is 1. The van der Waals surface area contributed by atoms with Crippen molar-refractivity contribution in [2.45, 2.75) is 25.7 Å². The minimum absolute atomic E-state index is 0.198. The maximum Gasteiger partial charge on any atom is 0.338 e. The average molecular weight is 267 g/mol. The number of aliphatic hydroxyl groups excluding tert-OH is 2. The highest BCUT2D eigenvalue weighted by molar-refractivity contribution is 5.88. The van der Waals surface area contributed by atoms with Crippen molar-refractivity contribution in [3.05, 3.63) is 35.4 Å². The molecule has 1 rings (SSSR count). The number of esters is 1. The van der Waals surface area contributed by atoms with Gasteiger partial charge in [-0.3, -0.25) is 4.79 Å². The number of rotatable bonds is 5. The van der Waals surface area contributed by atoms with Crippen molar-refractivity contribution in [1.29, 1.82) is 0 Å². The van der Waals surface area contributed by atoms with E-state index in [1.54, 1.807) is 0 Å². The zero-order valence-corrected chi connectivity index (χ0v) is 10.8. The smallest absolute Gasteiger partial charge is 0.338 e. The maximum atomic E-state index is 11.5. The molecule has 1 aromatic rings. The molecule has 0 saturated heterocycles. The van der Waals surface area contributed by atoms with E-state index in [0.29, 0.717) is 0 Å². The highest BCUT2D eigenvalue weighted by atomic mass is 16.5. The fourth-order valence-electron chi connectivity index (χ4n) is 1.39. The Bertz CT molecular complexity index is 443. The van der Waals surface area contributed by atoms with Crippen LogP contribution in [0, 0.1) is 6.92 Å². The van der Waals surface area contributed by atoms with Gasteiger partial charge in [0.15, 0.2) is 12.2 Å². The summed E-state index contributed by atoms with van der Waals surface area (Å²) >= 11 is 0. The molecule has 0 spiro atoms. The Morgan fingerprint density at radius 1 is 1.21 bits per heavy atom. The summed E-state index contributed by atoms with van der Waals surface area (Å²) in [6.45, 7) is 2.14. The normalized spacial score (nSPS) is 13.5. The van der Waals surface area contributed by atoms with Crippen LogP contribution in [0.5, 0.6) is 0 Å². The van der Waals surface area contributed by atoms with Crippen LogP contribution in [0.15, 0.2) is 24.3 Å². The lowest BCUT2D eigenvalue weighted by molar-refractivity contribution is -0.161. The number of carbonyl (C=O) groups is 2. The summed E-state index contributed by atoms with van der Waals surface area (Å²) in [7, 11) is 1.06. The van der Waals surface area contributed by atoms with Gasteiger partial charge in [-0.15, -0.1) is 0 Å². The topological polar surface area (TPSA) is 95.9 Å². The number of amides is 1. The van der Waals surface area contributed by atoms with E-state index >= 15 is 0 Å². The van der Waals surface area contributed by atoms with Gasteiger partial charge in [-0.1, -0.05) is 29.8 Å². The van der Waals surface area contributed by atoms with Crippen molar-refractivity contribution in [3.63, 3.8) is 0 Å². The van der Waals surface area contributed by atoms with Gasteiger partial charge >= 0.3 is 5.97 Å². The number of nitrogens with one attached hydrogen (secondary N) is 1. The van der Waals surface area contributed by atoms with Crippen LogP contribution in [-0.4, -0.2) is 41.4 Å². The van der Waals surface area contributed by atoms with E-state index in [-0.39, 0.29) is 6.54 Å². The van der Waals surface area contributed by atoms with Crippen LogP contribution in [-0.2, 0) is 20.9 Å². The number of aliphatic hydroxyl groups is 2. The lowest BCUT2D eigenvalue weighted by atomic mass is 10.1. The summed E-state index contributed by atoms with van der Waals surface area (Å²) in [4.78, 5) is 22.5. The molecule has 0 aliphatic heterocycles. The van der Waals surface area contributed by atoms with E-state index in [9.17, 15) is 19.8 Å². The van der Waals surface area contributed by atoms with Gasteiger partial charge in [0.25, 0.3) is 5.91 Å². The molecule has 19 heavy (non-hydrogen) atoms. The molecule has 0 aromatic heterocycles. The molecule has 104 valence electrons. The molecule has 0 aliphatic carbocycles. The standard InChI is InChI=1S/C13H17NO5/c1-8-3-5-9(6-4-8)7-14-12(17)10(15)11(16)13(18)19-2/h3-6,10-11,15-16H,7H2,1-2H3,(H,14,17)/t10-,11-/m0/s1. The van der Waals surface area contributed by atoms with Gasteiger partial charge < -0.3 is 20.3 Å². The van der Waals surface area contributed by atoms with Crippen LogP contribution in [0.2, 0.25) is 0 Å². The molecule has 3 N–H and O–H groups in total. The van der Waals surface area contributed by atoms with Gasteiger partial charge in [0, 0.05) is 6.54 Å². The van der Waals surface area contributed by atoms with E-state index in [2.05, 4.69) is 10.1 Å². The Hall–Kier alpha value is -1.92. The second-order valence-corrected chi connectivity index (χ2v) is 4.12. The first-order chi connectivity index (χ1) is 8.95. The zero-order valence-electron chi connectivity index (χ0n) is 10.8. The number of carbonyl (C=O) groups excluding carboxylic acids is 2. The highest BCUT2D eigenvalue weighted by Crippen LogP contribution is 2.03. The summed E-state index contributed by atoms with van der Waals surface area (Å²) in [5, 5.41) is 21.2. The molecule has 0 aliphatic rings. The monoisotopic (exact) mass is 267 g/mol. The lowest BCUT2D eigenvalue weighted by Crippen LogP contribution is -2.45. The molecule has 0 saturated carbocycles. The molecular weight excluding hydrogens is 250 g/mol. The van der Waals surface area contributed by atoms with Crippen molar-refractivity contribution in [1.82, 2.24) is 5.32 Å². The van der Waals surface area contributed by atoms with Gasteiger partial charge in [-0.05, 0) is 12.5 Å². The number of benzene rings is 1. The van der Waals surface area contributed by atoms with Crippen molar-refractivity contribution in [2.75, 3.05) is 7.11 Å². The Labute approximate surface area is 111 Å². The third kappa shape index (κ3) is 4.35. The maximum absolute atomic E-state index is 11.5. The molecule has 6 heteroatoms. The van der Waals surface area contributed by atoms with Crippen LogP contribution >= 0.6 is 0 Å². The predicted molar refractivity (Wildman–Crippen MR) is 67.1 cm³/mol. The Balaban J connectivity index is 2.51. The van der Waals surface area contributed by atoms with Crippen LogP contribution in [0.25, 0.3) is 0 Å². The minimum atomic E-state index is -1.89. The fraction of sp³-hybridized carbons (Fsp3) is 0.385. The second kappa shape index (κ2) is 6.86. The summed E-state index contributed by atoms with van der Waals surface area (Å²) in [5.41, 5.74) is 1.94. The molecule has 2 atom stereocenters. The highest BCUT2D eigenvalue weighted by Gasteiger charge is 2.30. The van der Waals surface area contributed by atoms with E-state index in [1.807, 2.05) is 31.2 Å². The molecule has 0 unspecified atom stereocenters. The van der Waals surface area contributed by atoms with E-state index in [0.717, 1.165) is 18.2 Å². The van der Waals surface area contributed by atoms with Crippen LogP contribution in [0.3, 0.4) is 0 Å². The first-order valence-electron chi connectivity index (χ1n) is 5.73. The summed E-state index contributed by atoms with van der Waals surface area (Å²) in [6, 6.07) is 7.44. The van der Waals surface area contributed by atoms with Crippen LogP contribution in [0.4, 0.5) is 0 Å². The number of hydrogen-bond acceptors (Lipinski definition) is 5. The molecule has 0 heterocycles. The summed E-state index contributed by atoms with van der Waals surface area (Å²) in [6.07, 6.45) is -3.74. The first kappa shape index (κ1) is 15.1. The van der Waals surface area contributed by atoms with Crippen molar-refractivity contribution in [2.24, 2.45) is 0 Å².